The number of benzene rings is 1. The molecule has 1 aromatic carbocycles. The monoisotopic (exact) mass is 234 g/mol. The van der Waals surface area contributed by atoms with Gasteiger partial charge in [0.25, 0.3) is 0 Å². The van der Waals surface area contributed by atoms with Crippen molar-refractivity contribution in [2.45, 2.75) is 6.42 Å². The van der Waals surface area contributed by atoms with E-state index in [1.54, 1.807) is 0 Å². The van der Waals surface area contributed by atoms with Crippen molar-refractivity contribution in [1.82, 2.24) is 0 Å². The van der Waals surface area contributed by atoms with E-state index in [1.807, 2.05) is 18.2 Å². The highest BCUT2D eigenvalue weighted by Crippen LogP contribution is 2.21. The zero-order valence-electron chi connectivity index (χ0n) is 6.11. The topological polar surface area (TPSA) is 27.6 Å². The summed E-state index contributed by atoms with van der Waals surface area (Å²) in [6.07, 6.45) is 0.951. The number of quaternary nitrogens is 1. The zero-order valence-corrected chi connectivity index (χ0v) is 8.45. The molecule has 3 heteroatoms. The van der Waals surface area contributed by atoms with Crippen LogP contribution in [0.1, 0.15) is 5.56 Å². The second-order valence-electron chi connectivity index (χ2n) is 2.34. The van der Waals surface area contributed by atoms with Crippen LogP contribution in [0, 0.1) is 0 Å². The molecule has 0 amide bonds. The fourth-order valence-corrected chi connectivity index (χ4v) is 1.68. The molecule has 0 aliphatic carbocycles. The highest BCUT2D eigenvalue weighted by molar-refractivity contribution is 9.10. The Labute approximate surface area is 79.7 Å². The Morgan fingerprint density at radius 2 is 2.18 bits per heavy atom. The van der Waals surface area contributed by atoms with Crippen molar-refractivity contribution in [2.24, 2.45) is 0 Å². The van der Waals surface area contributed by atoms with E-state index in [1.165, 1.54) is 5.56 Å². The van der Waals surface area contributed by atoms with Crippen molar-refractivity contribution in [2.75, 3.05) is 6.54 Å². The van der Waals surface area contributed by atoms with E-state index in [2.05, 4.69) is 21.7 Å². The molecule has 0 fully saturated rings. The minimum Gasteiger partial charge on any atom is -0.357 e. The first-order chi connectivity index (χ1) is 5.24. The zero-order chi connectivity index (χ0) is 8.27. The van der Waals surface area contributed by atoms with Gasteiger partial charge in [-0.25, -0.2) is 0 Å². The van der Waals surface area contributed by atoms with Crippen molar-refractivity contribution in [3.05, 3.63) is 33.3 Å². The first-order valence-corrected chi connectivity index (χ1v) is 4.64. The van der Waals surface area contributed by atoms with Crippen molar-refractivity contribution in [3.8, 4) is 0 Å². The first-order valence-electron chi connectivity index (χ1n) is 3.47. The van der Waals surface area contributed by atoms with Gasteiger partial charge in [0.2, 0.25) is 0 Å². The fourth-order valence-electron chi connectivity index (χ4n) is 0.915. The molecule has 0 aromatic heterocycles. The average Bonchev–Trinajstić information content (AvgIpc) is 1.95. The number of hydrogen-bond acceptors (Lipinski definition) is 0. The Morgan fingerprint density at radius 1 is 1.45 bits per heavy atom. The smallest absolute Gasteiger partial charge is 0.0781 e. The number of halogens is 2. The third-order valence-corrected chi connectivity index (χ3v) is 2.31. The summed E-state index contributed by atoms with van der Waals surface area (Å²) in [5.74, 6) is 0. The molecule has 0 aliphatic rings. The van der Waals surface area contributed by atoms with Gasteiger partial charge >= 0.3 is 0 Å². The third-order valence-electron chi connectivity index (χ3n) is 1.46. The highest BCUT2D eigenvalue weighted by Gasteiger charge is 1.99. The van der Waals surface area contributed by atoms with Gasteiger partial charge in [-0.15, -0.1) is 0 Å². The van der Waals surface area contributed by atoms with Crippen LogP contribution in [0.2, 0.25) is 5.02 Å². The van der Waals surface area contributed by atoms with Gasteiger partial charge in [-0.3, -0.25) is 0 Å². The maximum Gasteiger partial charge on any atom is 0.0781 e. The predicted octanol–water partition coefficient (Wildman–Crippen LogP) is 1.89. The van der Waals surface area contributed by atoms with Crippen LogP contribution in [0.5, 0.6) is 0 Å². The molecule has 0 atom stereocenters. The van der Waals surface area contributed by atoms with Gasteiger partial charge in [0, 0.05) is 15.9 Å². The third kappa shape index (κ3) is 2.47. The molecule has 1 nitrogen and oxygen atoms in total. The molecule has 0 aliphatic heterocycles. The lowest BCUT2D eigenvalue weighted by atomic mass is 10.1. The van der Waals surface area contributed by atoms with Crippen molar-refractivity contribution in [1.29, 1.82) is 0 Å². The van der Waals surface area contributed by atoms with Crippen molar-refractivity contribution in [3.63, 3.8) is 0 Å². The minimum atomic E-state index is 0.822. The average molecular weight is 236 g/mol. The maximum atomic E-state index is 5.95. The van der Waals surface area contributed by atoms with Crippen LogP contribution in [0.3, 0.4) is 0 Å². The van der Waals surface area contributed by atoms with Gasteiger partial charge in [-0.1, -0.05) is 33.6 Å². The minimum absolute atomic E-state index is 0.822. The second kappa shape index (κ2) is 4.10. The van der Waals surface area contributed by atoms with E-state index in [0.717, 1.165) is 22.5 Å². The normalized spacial score (nSPS) is 10.1. The van der Waals surface area contributed by atoms with Gasteiger partial charge < -0.3 is 5.73 Å². The summed E-state index contributed by atoms with van der Waals surface area (Å²) in [7, 11) is 0. The fraction of sp³-hybridized carbons (Fsp3) is 0.250. The molecular weight excluding hydrogens is 225 g/mol. The summed E-state index contributed by atoms with van der Waals surface area (Å²) in [5.41, 5.74) is 4.95. The lowest BCUT2D eigenvalue weighted by molar-refractivity contribution is -0.366. The van der Waals surface area contributed by atoms with Gasteiger partial charge in [-0.05, 0) is 17.7 Å². The molecule has 0 radical (unpaired) electrons. The molecule has 60 valence electrons. The van der Waals surface area contributed by atoms with Gasteiger partial charge in [0.1, 0.15) is 0 Å². The highest BCUT2D eigenvalue weighted by atomic mass is 79.9. The van der Waals surface area contributed by atoms with E-state index in [-0.39, 0.29) is 0 Å². The van der Waals surface area contributed by atoms with Gasteiger partial charge in [-0.2, -0.15) is 0 Å². The molecule has 3 N–H and O–H groups in total. The lowest BCUT2D eigenvalue weighted by Gasteiger charge is -2.00. The molecule has 1 rings (SSSR count). The van der Waals surface area contributed by atoms with Crippen LogP contribution in [0.15, 0.2) is 22.7 Å². The molecule has 0 heterocycles. The summed E-state index contributed by atoms with van der Waals surface area (Å²) >= 11 is 9.30. The van der Waals surface area contributed by atoms with E-state index >= 15 is 0 Å². The predicted molar refractivity (Wildman–Crippen MR) is 50.6 cm³/mol. The van der Waals surface area contributed by atoms with Crippen LogP contribution in [-0.4, -0.2) is 6.54 Å². The second-order valence-corrected chi connectivity index (χ2v) is 3.66. The summed E-state index contributed by atoms with van der Waals surface area (Å²) in [6, 6.07) is 5.93. The summed E-state index contributed by atoms with van der Waals surface area (Å²) in [6.45, 7) is 0.890. The Kier molecular flexibility index (Phi) is 3.37. The van der Waals surface area contributed by atoms with Crippen LogP contribution in [0.25, 0.3) is 0 Å². The summed E-state index contributed by atoms with van der Waals surface area (Å²) in [4.78, 5) is 0. The molecule has 0 unspecified atom stereocenters. The first kappa shape index (κ1) is 9.04. The molecule has 0 saturated carbocycles. The molecule has 1 aromatic rings. The molecular formula is C8H10BrClN+. The van der Waals surface area contributed by atoms with Crippen molar-refractivity contribution >= 4 is 27.5 Å². The molecule has 0 bridgehead atoms. The van der Waals surface area contributed by atoms with Crippen LogP contribution >= 0.6 is 27.5 Å². The standard InChI is InChI=1S/C8H9BrClN/c9-7-2-1-6(3-4-11)8(10)5-7/h1-2,5H,3-4,11H2/p+1. The van der Waals surface area contributed by atoms with Crippen LogP contribution in [0.4, 0.5) is 0 Å². The molecule has 0 spiro atoms. The molecule has 11 heavy (non-hydrogen) atoms. The Morgan fingerprint density at radius 3 is 2.73 bits per heavy atom. The Bertz CT molecular complexity index is 250. The van der Waals surface area contributed by atoms with Crippen molar-refractivity contribution < 1.29 is 5.73 Å². The van der Waals surface area contributed by atoms with Gasteiger partial charge in [0.15, 0.2) is 0 Å². The Hall–Kier alpha value is -0.0500. The van der Waals surface area contributed by atoms with E-state index in [0.29, 0.717) is 0 Å². The van der Waals surface area contributed by atoms with E-state index in [9.17, 15) is 0 Å². The maximum absolute atomic E-state index is 5.95. The van der Waals surface area contributed by atoms with Crippen LogP contribution in [-0.2, 0) is 6.42 Å². The Balaban J connectivity index is 2.90. The number of hydrogen-bond donors (Lipinski definition) is 1. The lowest BCUT2D eigenvalue weighted by Crippen LogP contribution is -2.51. The number of rotatable bonds is 2. The quantitative estimate of drug-likeness (QED) is 0.811. The molecule has 0 saturated heterocycles. The van der Waals surface area contributed by atoms with E-state index < -0.39 is 0 Å². The largest absolute Gasteiger partial charge is 0.357 e. The summed E-state index contributed by atoms with van der Waals surface area (Å²) < 4.78 is 1.02. The SMILES string of the molecule is [NH3+]CCc1ccc(Br)cc1Cl. The van der Waals surface area contributed by atoms with Crippen LogP contribution < -0.4 is 5.73 Å². The van der Waals surface area contributed by atoms with Gasteiger partial charge in [0.05, 0.1) is 6.54 Å². The summed E-state index contributed by atoms with van der Waals surface area (Å²) in [5, 5.41) is 0.822. The van der Waals surface area contributed by atoms with E-state index in [4.69, 9.17) is 11.6 Å².